The number of rotatable bonds is 4. The van der Waals surface area contributed by atoms with Crippen LogP contribution in [0.3, 0.4) is 0 Å². The molecule has 0 fully saturated rings. The standard InChI is InChI=1S/C13H16N2O/c1-3-10(2)16-12-7-5-4-6-11(12)13-14-8-9-15-13/h4-10H,3H2,1-2H3,(H,14,15). The van der Waals surface area contributed by atoms with E-state index in [0.29, 0.717) is 0 Å². The second kappa shape index (κ2) is 4.84. The minimum absolute atomic E-state index is 0.219. The van der Waals surface area contributed by atoms with Crippen molar-refractivity contribution in [3.05, 3.63) is 36.7 Å². The van der Waals surface area contributed by atoms with E-state index in [9.17, 15) is 0 Å². The van der Waals surface area contributed by atoms with Gasteiger partial charge in [0.25, 0.3) is 0 Å². The van der Waals surface area contributed by atoms with E-state index in [4.69, 9.17) is 4.74 Å². The summed E-state index contributed by atoms with van der Waals surface area (Å²) in [6.45, 7) is 4.18. The van der Waals surface area contributed by atoms with E-state index < -0.39 is 0 Å². The maximum atomic E-state index is 5.86. The first-order valence-electron chi connectivity index (χ1n) is 5.56. The summed E-state index contributed by atoms with van der Waals surface area (Å²) in [5.74, 6) is 1.73. The Balaban J connectivity index is 2.31. The minimum Gasteiger partial charge on any atom is -0.490 e. The van der Waals surface area contributed by atoms with Crippen molar-refractivity contribution < 1.29 is 4.74 Å². The summed E-state index contributed by atoms with van der Waals surface area (Å²) in [6, 6.07) is 7.95. The van der Waals surface area contributed by atoms with E-state index in [2.05, 4.69) is 23.8 Å². The lowest BCUT2D eigenvalue weighted by Crippen LogP contribution is -2.10. The van der Waals surface area contributed by atoms with Crippen LogP contribution in [0.15, 0.2) is 36.7 Å². The van der Waals surface area contributed by atoms with Crippen LogP contribution >= 0.6 is 0 Å². The molecule has 1 aromatic carbocycles. The molecule has 3 heteroatoms. The molecule has 0 saturated carbocycles. The third kappa shape index (κ3) is 2.24. The third-order valence-electron chi connectivity index (χ3n) is 2.54. The molecule has 0 aliphatic carbocycles. The average molecular weight is 216 g/mol. The van der Waals surface area contributed by atoms with Gasteiger partial charge in [-0.1, -0.05) is 19.1 Å². The number of aromatic amines is 1. The number of benzene rings is 1. The quantitative estimate of drug-likeness (QED) is 0.851. The van der Waals surface area contributed by atoms with Crippen molar-refractivity contribution in [3.63, 3.8) is 0 Å². The van der Waals surface area contributed by atoms with Gasteiger partial charge >= 0.3 is 0 Å². The SMILES string of the molecule is CCC(C)Oc1ccccc1-c1ncc[nH]1. The van der Waals surface area contributed by atoms with Gasteiger partial charge in [-0.2, -0.15) is 0 Å². The number of nitrogens with one attached hydrogen (secondary N) is 1. The Morgan fingerprint density at radius 1 is 1.38 bits per heavy atom. The second-order valence-corrected chi connectivity index (χ2v) is 3.77. The molecule has 0 radical (unpaired) electrons. The zero-order valence-corrected chi connectivity index (χ0v) is 9.60. The van der Waals surface area contributed by atoms with Crippen molar-refractivity contribution in [1.29, 1.82) is 0 Å². The highest BCUT2D eigenvalue weighted by atomic mass is 16.5. The highest BCUT2D eigenvalue weighted by molar-refractivity contribution is 5.63. The first-order chi connectivity index (χ1) is 7.81. The predicted molar refractivity (Wildman–Crippen MR) is 64.4 cm³/mol. The Kier molecular flexibility index (Phi) is 3.25. The molecule has 2 rings (SSSR count). The van der Waals surface area contributed by atoms with Crippen LogP contribution in [0.2, 0.25) is 0 Å². The van der Waals surface area contributed by atoms with Crippen LogP contribution in [0, 0.1) is 0 Å². The van der Waals surface area contributed by atoms with Gasteiger partial charge in [0.2, 0.25) is 0 Å². The van der Waals surface area contributed by atoms with Crippen molar-refractivity contribution in [1.82, 2.24) is 9.97 Å². The third-order valence-corrected chi connectivity index (χ3v) is 2.54. The second-order valence-electron chi connectivity index (χ2n) is 3.77. The van der Waals surface area contributed by atoms with Crippen molar-refractivity contribution in [2.24, 2.45) is 0 Å². The Bertz CT molecular complexity index is 437. The van der Waals surface area contributed by atoms with Crippen molar-refractivity contribution in [3.8, 4) is 17.1 Å². The number of hydrogen-bond donors (Lipinski definition) is 1. The van der Waals surface area contributed by atoms with Crippen LogP contribution in [0.4, 0.5) is 0 Å². The molecule has 1 heterocycles. The molecule has 1 unspecified atom stereocenters. The maximum Gasteiger partial charge on any atom is 0.141 e. The number of nitrogens with zero attached hydrogens (tertiary/aromatic N) is 1. The Morgan fingerprint density at radius 3 is 2.88 bits per heavy atom. The summed E-state index contributed by atoms with van der Waals surface area (Å²) in [6.07, 6.45) is 4.77. The van der Waals surface area contributed by atoms with Gasteiger partial charge in [-0.3, -0.25) is 0 Å². The molecule has 3 nitrogen and oxygen atoms in total. The topological polar surface area (TPSA) is 37.9 Å². The summed E-state index contributed by atoms with van der Waals surface area (Å²) in [7, 11) is 0. The van der Waals surface area contributed by atoms with Gasteiger partial charge in [-0.15, -0.1) is 0 Å². The molecule has 84 valence electrons. The van der Waals surface area contributed by atoms with Crippen LogP contribution < -0.4 is 4.74 Å². The molecular formula is C13H16N2O. The molecule has 0 aliphatic rings. The molecule has 0 amide bonds. The van der Waals surface area contributed by atoms with Crippen LogP contribution in [0.1, 0.15) is 20.3 Å². The summed E-state index contributed by atoms with van der Waals surface area (Å²) in [5, 5.41) is 0. The van der Waals surface area contributed by atoms with Gasteiger partial charge in [0, 0.05) is 12.4 Å². The Morgan fingerprint density at radius 2 is 2.19 bits per heavy atom. The molecular weight excluding hydrogens is 200 g/mol. The normalized spacial score (nSPS) is 12.4. The van der Waals surface area contributed by atoms with E-state index in [1.807, 2.05) is 30.5 Å². The number of aromatic nitrogens is 2. The van der Waals surface area contributed by atoms with Gasteiger partial charge in [0.1, 0.15) is 11.6 Å². The Hall–Kier alpha value is -1.77. The fourth-order valence-electron chi connectivity index (χ4n) is 1.48. The van der Waals surface area contributed by atoms with E-state index in [1.54, 1.807) is 6.20 Å². The summed E-state index contributed by atoms with van der Waals surface area (Å²) in [4.78, 5) is 7.34. The smallest absolute Gasteiger partial charge is 0.141 e. The van der Waals surface area contributed by atoms with E-state index in [0.717, 1.165) is 23.6 Å². The summed E-state index contributed by atoms with van der Waals surface area (Å²) >= 11 is 0. The summed E-state index contributed by atoms with van der Waals surface area (Å²) in [5.41, 5.74) is 1.01. The lowest BCUT2D eigenvalue weighted by atomic mass is 10.2. The van der Waals surface area contributed by atoms with Crippen LogP contribution in [-0.2, 0) is 0 Å². The highest BCUT2D eigenvalue weighted by Crippen LogP contribution is 2.27. The van der Waals surface area contributed by atoms with Crippen LogP contribution in [0.25, 0.3) is 11.4 Å². The van der Waals surface area contributed by atoms with Crippen LogP contribution in [-0.4, -0.2) is 16.1 Å². The molecule has 0 aliphatic heterocycles. The van der Waals surface area contributed by atoms with Gasteiger partial charge in [0.15, 0.2) is 0 Å². The summed E-state index contributed by atoms with van der Waals surface area (Å²) < 4.78 is 5.86. The average Bonchev–Trinajstić information content (AvgIpc) is 2.83. The minimum atomic E-state index is 0.219. The molecule has 2 aromatic rings. The van der Waals surface area contributed by atoms with E-state index in [-0.39, 0.29) is 6.10 Å². The zero-order chi connectivity index (χ0) is 11.4. The van der Waals surface area contributed by atoms with Gasteiger partial charge in [-0.05, 0) is 25.5 Å². The largest absolute Gasteiger partial charge is 0.490 e. The molecule has 0 spiro atoms. The molecule has 0 saturated heterocycles. The first-order valence-corrected chi connectivity index (χ1v) is 5.56. The van der Waals surface area contributed by atoms with Crippen molar-refractivity contribution >= 4 is 0 Å². The van der Waals surface area contributed by atoms with Gasteiger partial charge < -0.3 is 9.72 Å². The van der Waals surface area contributed by atoms with Crippen molar-refractivity contribution in [2.75, 3.05) is 0 Å². The number of hydrogen-bond acceptors (Lipinski definition) is 2. The lowest BCUT2D eigenvalue weighted by molar-refractivity contribution is 0.218. The maximum absolute atomic E-state index is 5.86. The predicted octanol–water partition coefficient (Wildman–Crippen LogP) is 3.25. The number of ether oxygens (including phenoxy) is 1. The monoisotopic (exact) mass is 216 g/mol. The van der Waals surface area contributed by atoms with Gasteiger partial charge in [0.05, 0.1) is 11.7 Å². The number of H-pyrrole nitrogens is 1. The zero-order valence-electron chi connectivity index (χ0n) is 9.60. The number of para-hydroxylation sites is 1. The molecule has 1 atom stereocenters. The Labute approximate surface area is 95.5 Å². The van der Waals surface area contributed by atoms with Crippen LogP contribution in [0.5, 0.6) is 5.75 Å². The van der Waals surface area contributed by atoms with Gasteiger partial charge in [-0.25, -0.2) is 4.98 Å². The fraction of sp³-hybridized carbons (Fsp3) is 0.308. The first kappa shape index (κ1) is 10.7. The molecule has 16 heavy (non-hydrogen) atoms. The lowest BCUT2D eigenvalue weighted by Gasteiger charge is -2.14. The highest BCUT2D eigenvalue weighted by Gasteiger charge is 2.09. The van der Waals surface area contributed by atoms with E-state index >= 15 is 0 Å². The molecule has 1 N–H and O–H groups in total. The van der Waals surface area contributed by atoms with E-state index in [1.165, 1.54) is 0 Å². The molecule has 0 bridgehead atoms. The van der Waals surface area contributed by atoms with Crippen molar-refractivity contribution in [2.45, 2.75) is 26.4 Å². The fourth-order valence-corrected chi connectivity index (χ4v) is 1.48. The number of imidazole rings is 1. The molecule has 1 aromatic heterocycles.